The largest absolute Gasteiger partial charge is 0.478 e. The fourth-order valence-electron chi connectivity index (χ4n) is 1.59. The summed E-state index contributed by atoms with van der Waals surface area (Å²) in [6.45, 7) is 0. The smallest absolute Gasteiger partial charge is 0.339 e. The quantitative estimate of drug-likeness (QED) is 0.932. The molecule has 0 amide bonds. The average molecular weight is 292 g/mol. The number of benzene rings is 2. The summed E-state index contributed by atoms with van der Waals surface area (Å²) in [6, 6.07) is 9.67. The predicted molar refractivity (Wildman–Crippen MR) is 69.6 cm³/mol. The van der Waals surface area contributed by atoms with Gasteiger partial charge in [0.15, 0.2) is 5.75 Å². The molecule has 0 aromatic heterocycles. The molecule has 0 saturated heterocycles. The third kappa shape index (κ3) is 2.56. The summed E-state index contributed by atoms with van der Waals surface area (Å²) in [5.41, 5.74) is -0.491. The van der Waals surface area contributed by atoms with Gasteiger partial charge in [-0.2, -0.15) is 5.26 Å². The fourth-order valence-corrected chi connectivity index (χ4v) is 1.80. The molecule has 100 valence electrons. The van der Waals surface area contributed by atoms with E-state index in [1.54, 1.807) is 6.07 Å². The van der Waals surface area contributed by atoms with E-state index in [0.717, 1.165) is 6.07 Å². The van der Waals surface area contributed by atoms with Gasteiger partial charge in [0.25, 0.3) is 0 Å². The molecule has 0 fully saturated rings. The SMILES string of the molecule is N#Cc1c(F)cccc1Oc1c(Cl)cccc1C(=O)O. The topological polar surface area (TPSA) is 70.3 Å². The molecule has 0 aliphatic rings. The van der Waals surface area contributed by atoms with Crippen LogP contribution in [0.1, 0.15) is 15.9 Å². The zero-order chi connectivity index (χ0) is 14.7. The molecule has 6 heteroatoms. The Labute approximate surface area is 118 Å². The van der Waals surface area contributed by atoms with Gasteiger partial charge in [-0.25, -0.2) is 9.18 Å². The third-order valence-corrected chi connectivity index (χ3v) is 2.79. The van der Waals surface area contributed by atoms with Crippen molar-refractivity contribution >= 4 is 17.6 Å². The van der Waals surface area contributed by atoms with Crippen molar-refractivity contribution in [3.05, 3.63) is 58.4 Å². The van der Waals surface area contributed by atoms with Crippen LogP contribution in [-0.4, -0.2) is 11.1 Å². The molecule has 0 radical (unpaired) electrons. The van der Waals surface area contributed by atoms with Gasteiger partial charge in [-0.05, 0) is 24.3 Å². The van der Waals surface area contributed by atoms with E-state index in [0.29, 0.717) is 0 Å². The molecule has 0 atom stereocenters. The summed E-state index contributed by atoms with van der Waals surface area (Å²) in [5.74, 6) is -2.22. The maximum Gasteiger partial charge on any atom is 0.339 e. The second-order valence-corrected chi connectivity index (χ2v) is 4.16. The second-order valence-electron chi connectivity index (χ2n) is 3.75. The van der Waals surface area contributed by atoms with Gasteiger partial charge in [0, 0.05) is 0 Å². The van der Waals surface area contributed by atoms with Gasteiger partial charge in [-0.1, -0.05) is 23.7 Å². The summed E-state index contributed by atoms with van der Waals surface area (Å²) in [4.78, 5) is 11.1. The van der Waals surface area contributed by atoms with Crippen LogP contribution in [0.25, 0.3) is 0 Å². The van der Waals surface area contributed by atoms with Crippen LogP contribution in [-0.2, 0) is 0 Å². The predicted octanol–water partition coefficient (Wildman–Crippen LogP) is 3.84. The Balaban J connectivity index is 2.54. The number of nitrogens with zero attached hydrogens (tertiary/aromatic N) is 1. The van der Waals surface area contributed by atoms with Gasteiger partial charge in [0.05, 0.1) is 5.02 Å². The number of carboxylic acid groups (broad SMARTS) is 1. The lowest BCUT2D eigenvalue weighted by Gasteiger charge is -2.11. The molecule has 0 aliphatic heterocycles. The van der Waals surface area contributed by atoms with Crippen LogP contribution in [0.15, 0.2) is 36.4 Å². The van der Waals surface area contributed by atoms with Crippen LogP contribution in [0.4, 0.5) is 4.39 Å². The van der Waals surface area contributed by atoms with Crippen molar-refractivity contribution in [1.29, 1.82) is 5.26 Å². The number of nitriles is 1. The van der Waals surface area contributed by atoms with E-state index < -0.39 is 11.8 Å². The van der Waals surface area contributed by atoms with Crippen molar-refractivity contribution in [3.63, 3.8) is 0 Å². The first-order valence-electron chi connectivity index (χ1n) is 5.43. The van der Waals surface area contributed by atoms with Crippen molar-refractivity contribution in [1.82, 2.24) is 0 Å². The first-order valence-corrected chi connectivity index (χ1v) is 5.80. The minimum absolute atomic E-state index is 0.0538. The molecule has 2 aromatic rings. The van der Waals surface area contributed by atoms with Gasteiger partial charge in [-0.3, -0.25) is 0 Å². The van der Waals surface area contributed by atoms with Gasteiger partial charge in [-0.15, -0.1) is 0 Å². The lowest BCUT2D eigenvalue weighted by molar-refractivity contribution is 0.0694. The van der Waals surface area contributed by atoms with E-state index in [4.69, 9.17) is 26.7 Å². The molecule has 0 saturated carbocycles. The number of halogens is 2. The van der Waals surface area contributed by atoms with Crippen LogP contribution in [0, 0.1) is 17.1 Å². The van der Waals surface area contributed by atoms with Crippen LogP contribution < -0.4 is 4.74 Å². The lowest BCUT2D eigenvalue weighted by atomic mass is 10.2. The highest BCUT2D eigenvalue weighted by molar-refractivity contribution is 6.32. The van der Waals surface area contributed by atoms with E-state index in [2.05, 4.69) is 0 Å². The molecule has 2 aromatic carbocycles. The van der Waals surface area contributed by atoms with Crippen molar-refractivity contribution in [2.75, 3.05) is 0 Å². The highest BCUT2D eigenvalue weighted by Crippen LogP contribution is 2.34. The standard InChI is InChI=1S/C14H7ClFNO3/c15-10-4-1-3-8(14(18)19)13(10)20-12-6-2-5-11(16)9(12)7-17/h1-6H,(H,18,19). The highest BCUT2D eigenvalue weighted by Gasteiger charge is 2.18. The van der Waals surface area contributed by atoms with Crippen molar-refractivity contribution in [3.8, 4) is 17.6 Å². The summed E-state index contributed by atoms with van der Waals surface area (Å²) < 4.78 is 18.8. The maximum atomic E-state index is 13.5. The van der Waals surface area contributed by atoms with Crippen LogP contribution in [0.2, 0.25) is 5.02 Å². The zero-order valence-electron chi connectivity index (χ0n) is 9.93. The number of hydrogen-bond acceptors (Lipinski definition) is 3. The average Bonchev–Trinajstić information content (AvgIpc) is 2.41. The summed E-state index contributed by atoms with van der Waals surface area (Å²) in [7, 11) is 0. The molecule has 20 heavy (non-hydrogen) atoms. The Bertz CT molecular complexity index is 725. The number of aromatic carboxylic acids is 1. The van der Waals surface area contributed by atoms with Crippen molar-refractivity contribution < 1.29 is 19.0 Å². The van der Waals surface area contributed by atoms with Gasteiger partial charge < -0.3 is 9.84 Å². The minimum Gasteiger partial charge on any atom is -0.478 e. The molecule has 0 bridgehead atoms. The molecule has 0 unspecified atom stereocenters. The van der Waals surface area contributed by atoms with Gasteiger partial charge in [0.1, 0.15) is 28.8 Å². The molecule has 2 rings (SSSR count). The Morgan fingerprint density at radius 3 is 2.65 bits per heavy atom. The summed E-state index contributed by atoms with van der Waals surface area (Å²) >= 11 is 5.89. The first-order chi connectivity index (χ1) is 9.54. The number of para-hydroxylation sites is 1. The molecule has 4 nitrogen and oxygen atoms in total. The Morgan fingerprint density at radius 2 is 2.00 bits per heavy atom. The van der Waals surface area contributed by atoms with Crippen LogP contribution in [0.5, 0.6) is 11.5 Å². The molecule has 0 heterocycles. The number of carboxylic acids is 1. The van der Waals surface area contributed by atoms with E-state index in [-0.39, 0.29) is 27.6 Å². The monoisotopic (exact) mass is 291 g/mol. The van der Waals surface area contributed by atoms with Crippen molar-refractivity contribution in [2.45, 2.75) is 0 Å². The number of hydrogen-bond donors (Lipinski definition) is 1. The molecule has 1 N–H and O–H groups in total. The van der Waals surface area contributed by atoms with E-state index in [1.165, 1.54) is 30.3 Å². The van der Waals surface area contributed by atoms with Crippen LogP contribution in [0.3, 0.4) is 0 Å². The summed E-state index contributed by atoms with van der Waals surface area (Å²) in [5, 5.41) is 18.0. The highest BCUT2D eigenvalue weighted by atomic mass is 35.5. The lowest BCUT2D eigenvalue weighted by Crippen LogP contribution is -2.01. The Hall–Kier alpha value is -2.58. The molecular weight excluding hydrogens is 285 g/mol. The Kier molecular flexibility index (Phi) is 3.87. The Morgan fingerprint density at radius 1 is 1.30 bits per heavy atom. The fraction of sp³-hybridized carbons (Fsp3) is 0. The third-order valence-electron chi connectivity index (χ3n) is 2.50. The van der Waals surface area contributed by atoms with Gasteiger partial charge in [0.2, 0.25) is 0 Å². The van der Waals surface area contributed by atoms with Crippen LogP contribution >= 0.6 is 11.6 Å². The zero-order valence-corrected chi connectivity index (χ0v) is 10.7. The van der Waals surface area contributed by atoms with E-state index >= 15 is 0 Å². The minimum atomic E-state index is -1.24. The van der Waals surface area contributed by atoms with Crippen molar-refractivity contribution in [2.24, 2.45) is 0 Å². The van der Waals surface area contributed by atoms with E-state index in [1.807, 2.05) is 0 Å². The normalized spacial score (nSPS) is 9.85. The second kappa shape index (κ2) is 5.59. The maximum absolute atomic E-state index is 13.5. The van der Waals surface area contributed by atoms with Gasteiger partial charge >= 0.3 is 5.97 Å². The molecular formula is C14H7ClFNO3. The molecule has 0 aliphatic carbocycles. The molecule has 0 spiro atoms. The number of ether oxygens (including phenoxy) is 1. The summed E-state index contributed by atoms with van der Waals surface area (Å²) in [6.07, 6.45) is 0. The van der Waals surface area contributed by atoms with E-state index in [9.17, 15) is 9.18 Å². The number of rotatable bonds is 3. The first kappa shape index (κ1) is 13.8. The number of carbonyl (C=O) groups is 1.